The summed E-state index contributed by atoms with van der Waals surface area (Å²) in [7, 11) is 3.73. The van der Waals surface area contributed by atoms with E-state index >= 15 is 0 Å². The standard InChI is InChI=1S/C20H29N7/c1-21-20(22-12-19-23-14-24-26(19)2)25-16-10-17-8-9-18(11-16)27(17)13-15-6-4-3-5-7-15/h3-7,14,16-18H,8-13H2,1-2H3,(H2,21,22,25). The molecule has 2 fully saturated rings. The number of rotatable bonds is 5. The fourth-order valence-corrected chi connectivity index (χ4v) is 4.48. The van der Waals surface area contributed by atoms with Gasteiger partial charge in [-0.25, -0.2) is 4.98 Å². The van der Waals surface area contributed by atoms with Crippen LogP contribution in [0.15, 0.2) is 41.7 Å². The number of nitrogens with one attached hydrogen (secondary N) is 2. The molecule has 1 aromatic carbocycles. The third-order valence-corrected chi connectivity index (χ3v) is 5.88. The average molecular weight is 368 g/mol. The average Bonchev–Trinajstić information content (AvgIpc) is 3.19. The van der Waals surface area contributed by atoms with E-state index < -0.39 is 0 Å². The van der Waals surface area contributed by atoms with Gasteiger partial charge in [-0.3, -0.25) is 14.6 Å². The first kappa shape index (κ1) is 18.0. The molecule has 4 rings (SSSR count). The van der Waals surface area contributed by atoms with E-state index in [0.29, 0.717) is 24.7 Å². The van der Waals surface area contributed by atoms with Gasteiger partial charge in [0.25, 0.3) is 0 Å². The van der Waals surface area contributed by atoms with E-state index in [1.807, 2.05) is 14.1 Å². The Hall–Kier alpha value is -2.41. The van der Waals surface area contributed by atoms with E-state index in [9.17, 15) is 0 Å². The largest absolute Gasteiger partial charge is 0.354 e. The highest BCUT2D eigenvalue weighted by Crippen LogP contribution is 2.36. The van der Waals surface area contributed by atoms with Gasteiger partial charge < -0.3 is 10.6 Å². The number of aliphatic imine (C=N–C) groups is 1. The van der Waals surface area contributed by atoms with Crippen molar-refractivity contribution in [1.82, 2.24) is 30.3 Å². The van der Waals surface area contributed by atoms with E-state index in [4.69, 9.17) is 0 Å². The van der Waals surface area contributed by atoms with Gasteiger partial charge in [0.05, 0.1) is 6.54 Å². The number of fused-ring (bicyclic) bond motifs is 2. The monoisotopic (exact) mass is 367 g/mol. The predicted molar refractivity (Wildman–Crippen MR) is 106 cm³/mol. The topological polar surface area (TPSA) is 70.4 Å². The van der Waals surface area contributed by atoms with Crippen molar-refractivity contribution < 1.29 is 0 Å². The summed E-state index contributed by atoms with van der Waals surface area (Å²) in [5, 5.41) is 11.1. The van der Waals surface area contributed by atoms with Gasteiger partial charge in [0.15, 0.2) is 5.96 Å². The van der Waals surface area contributed by atoms with Crippen LogP contribution >= 0.6 is 0 Å². The Labute approximate surface area is 160 Å². The van der Waals surface area contributed by atoms with E-state index in [-0.39, 0.29) is 0 Å². The molecule has 27 heavy (non-hydrogen) atoms. The van der Waals surface area contributed by atoms with Crippen molar-refractivity contribution in [2.24, 2.45) is 12.0 Å². The smallest absolute Gasteiger partial charge is 0.191 e. The van der Waals surface area contributed by atoms with Crippen LogP contribution in [-0.4, -0.2) is 50.8 Å². The van der Waals surface area contributed by atoms with E-state index in [1.165, 1.54) is 31.2 Å². The minimum absolute atomic E-state index is 0.472. The maximum atomic E-state index is 4.39. The van der Waals surface area contributed by atoms with Gasteiger partial charge in [-0.15, -0.1) is 0 Å². The number of aryl methyl sites for hydroxylation is 1. The molecule has 0 saturated carbocycles. The molecule has 2 N–H and O–H groups in total. The normalized spacial score (nSPS) is 25.6. The Morgan fingerprint density at radius 2 is 1.93 bits per heavy atom. The number of hydrogen-bond donors (Lipinski definition) is 2. The maximum absolute atomic E-state index is 4.39. The second-order valence-corrected chi connectivity index (χ2v) is 7.58. The molecule has 7 heteroatoms. The molecule has 0 aliphatic carbocycles. The lowest BCUT2D eigenvalue weighted by Crippen LogP contribution is -2.52. The van der Waals surface area contributed by atoms with Crippen LogP contribution in [0.25, 0.3) is 0 Å². The van der Waals surface area contributed by atoms with Gasteiger partial charge in [-0.1, -0.05) is 30.3 Å². The summed E-state index contributed by atoms with van der Waals surface area (Å²) < 4.78 is 1.78. The molecule has 7 nitrogen and oxygen atoms in total. The number of nitrogens with zero attached hydrogens (tertiary/aromatic N) is 5. The van der Waals surface area contributed by atoms with Crippen molar-refractivity contribution in [1.29, 1.82) is 0 Å². The van der Waals surface area contributed by atoms with Crippen molar-refractivity contribution in [3.8, 4) is 0 Å². The van der Waals surface area contributed by atoms with Crippen LogP contribution in [0.4, 0.5) is 0 Å². The fraction of sp³-hybridized carbons (Fsp3) is 0.550. The van der Waals surface area contributed by atoms with Crippen molar-refractivity contribution >= 4 is 5.96 Å². The molecule has 144 valence electrons. The summed E-state index contributed by atoms with van der Waals surface area (Å²) in [5.41, 5.74) is 1.42. The summed E-state index contributed by atoms with van der Waals surface area (Å²) in [4.78, 5) is 11.4. The second kappa shape index (κ2) is 8.08. The van der Waals surface area contributed by atoms with E-state index in [0.717, 1.165) is 18.3 Å². The maximum Gasteiger partial charge on any atom is 0.191 e. The molecule has 2 bridgehead atoms. The minimum atomic E-state index is 0.472. The molecule has 0 spiro atoms. The van der Waals surface area contributed by atoms with Crippen LogP contribution in [0.3, 0.4) is 0 Å². The fourth-order valence-electron chi connectivity index (χ4n) is 4.48. The molecule has 0 amide bonds. The molecule has 2 atom stereocenters. The van der Waals surface area contributed by atoms with Crippen molar-refractivity contribution in [2.45, 2.75) is 56.9 Å². The van der Waals surface area contributed by atoms with Crippen LogP contribution < -0.4 is 10.6 Å². The van der Waals surface area contributed by atoms with Gasteiger partial charge in [0.1, 0.15) is 12.2 Å². The lowest BCUT2D eigenvalue weighted by atomic mass is 9.96. The lowest BCUT2D eigenvalue weighted by Gasteiger charge is -2.39. The number of piperidine rings is 1. The second-order valence-electron chi connectivity index (χ2n) is 7.58. The van der Waals surface area contributed by atoms with Gasteiger partial charge in [0, 0.05) is 38.8 Å². The molecule has 0 radical (unpaired) electrons. The molecule has 2 aliphatic rings. The van der Waals surface area contributed by atoms with Gasteiger partial charge in [-0.2, -0.15) is 5.10 Å². The lowest BCUT2D eigenvalue weighted by molar-refractivity contribution is 0.114. The van der Waals surface area contributed by atoms with Gasteiger partial charge >= 0.3 is 0 Å². The molecule has 1 aromatic heterocycles. The first-order valence-corrected chi connectivity index (χ1v) is 9.82. The predicted octanol–water partition coefficient (Wildman–Crippen LogP) is 1.68. The van der Waals surface area contributed by atoms with Crippen LogP contribution in [0.5, 0.6) is 0 Å². The van der Waals surface area contributed by atoms with Crippen molar-refractivity contribution in [3.63, 3.8) is 0 Å². The molecule has 3 heterocycles. The Bertz CT molecular complexity index is 756. The summed E-state index contributed by atoms with van der Waals surface area (Å²) in [6, 6.07) is 12.6. The first-order chi connectivity index (χ1) is 13.2. The zero-order chi connectivity index (χ0) is 18.6. The van der Waals surface area contributed by atoms with Crippen molar-refractivity contribution in [2.75, 3.05) is 7.05 Å². The third-order valence-electron chi connectivity index (χ3n) is 5.88. The highest BCUT2D eigenvalue weighted by Gasteiger charge is 2.40. The number of benzene rings is 1. The Morgan fingerprint density at radius 1 is 1.19 bits per heavy atom. The Kier molecular flexibility index (Phi) is 5.38. The first-order valence-electron chi connectivity index (χ1n) is 9.82. The van der Waals surface area contributed by atoms with Gasteiger partial charge in [-0.05, 0) is 31.2 Å². The van der Waals surface area contributed by atoms with Crippen LogP contribution in [0.1, 0.15) is 37.1 Å². The summed E-state index contributed by atoms with van der Waals surface area (Å²) in [6.07, 6.45) is 6.54. The van der Waals surface area contributed by atoms with E-state index in [2.05, 4.69) is 60.9 Å². The van der Waals surface area contributed by atoms with E-state index in [1.54, 1.807) is 11.0 Å². The number of guanidine groups is 1. The van der Waals surface area contributed by atoms with Crippen LogP contribution in [0, 0.1) is 0 Å². The molecule has 2 saturated heterocycles. The number of aromatic nitrogens is 3. The Balaban J connectivity index is 1.32. The number of hydrogen-bond acceptors (Lipinski definition) is 4. The third kappa shape index (κ3) is 4.13. The highest BCUT2D eigenvalue weighted by molar-refractivity contribution is 5.79. The quantitative estimate of drug-likeness (QED) is 0.621. The zero-order valence-corrected chi connectivity index (χ0v) is 16.2. The zero-order valence-electron chi connectivity index (χ0n) is 16.2. The Morgan fingerprint density at radius 3 is 2.56 bits per heavy atom. The molecular weight excluding hydrogens is 338 g/mol. The highest BCUT2D eigenvalue weighted by atomic mass is 15.3. The molecule has 2 unspecified atom stereocenters. The molecule has 2 aliphatic heterocycles. The minimum Gasteiger partial charge on any atom is -0.354 e. The summed E-state index contributed by atoms with van der Waals surface area (Å²) >= 11 is 0. The van der Waals surface area contributed by atoms with Crippen LogP contribution in [-0.2, 0) is 20.1 Å². The SMILES string of the molecule is CN=C(NCc1ncnn1C)NC1CC2CCC(C1)N2Cc1ccccc1. The molecular formula is C20H29N7. The molecule has 2 aromatic rings. The summed E-state index contributed by atoms with van der Waals surface area (Å²) in [6.45, 7) is 1.69. The van der Waals surface area contributed by atoms with Gasteiger partial charge in [0.2, 0.25) is 0 Å². The van der Waals surface area contributed by atoms with Crippen molar-refractivity contribution in [3.05, 3.63) is 48.0 Å². The summed E-state index contributed by atoms with van der Waals surface area (Å²) in [5.74, 6) is 1.75. The van der Waals surface area contributed by atoms with Crippen LogP contribution in [0.2, 0.25) is 0 Å².